The first-order chi connectivity index (χ1) is 14.3. The number of nitrogens with zero attached hydrogens (tertiary/aromatic N) is 4. The van der Waals surface area contributed by atoms with Gasteiger partial charge in [0, 0.05) is 11.4 Å². The van der Waals surface area contributed by atoms with Gasteiger partial charge in [0.1, 0.15) is 0 Å². The molecule has 0 bridgehead atoms. The fourth-order valence-corrected chi connectivity index (χ4v) is 5.57. The zero-order valence-corrected chi connectivity index (χ0v) is 19.2. The summed E-state index contributed by atoms with van der Waals surface area (Å²) < 4.78 is 3.02. The first-order valence-electron chi connectivity index (χ1n) is 9.70. The lowest BCUT2D eigenvalue weighted by Crippen LogP contribution is -2.35. The van der Waals surface area contributed by atoms with Crippen LogP contribution in [0.2, 0.25) is 0 Å². The number of hydrazone groups is 1. The number of hydrogen-bond donors (Lipinski definition) is 1. The highest BCUT2D eigenvalue weighted by Gasteiger charge is 2.35. The van der Waals surface area contributed by atoms with Crippen molar-refractivity contribution in [3.8, 4) is 5.69 Å². The number of aromatic nitrogens is 1. The second kappa shape index (κ2) is 7.92. The summed E-state index contributed by atoms with van der Waals surface area (Å²) in [5.41, 5.74) is 6.80. The number of nitrogens with one attached hydrogen (secondary N) is 1. The molecule has 1 amide bonds. The zero-order valence-electron chi connectivity index (χ0n) is 17.6. The van der Waals surface area contributed by atoms with Crippen molar-refractivity contribution in [1.82, 2.24) is 9.58 Å². The maximum absolute atomic E-state index is 12.7. The maximum atomic E-state index is 12.7. The van der Waals surface area contributed by atoms with E-state index in [9.17, 15) is 4.79 Å². The summed E-state index contributed by atoms with van der Waals surface area (Å²) in [6.07, 6.45) is 1.77. The Bertz CT molecular complexity index is 1150. The van der Waals surface area contributed by atoms with E-state index < -0.39 is 5.91 Å². The molecule has 1 aromatic heterocycles. The van der Waals surface area contributed by atoms with Crippen LogP contribution in [0.1, 0.15) is 35.0 Å². The highest BCUT2D eigenvalue weighted by molar-refractivity contribution is 8.45. The SMILES string of the molecule is CCSC1=NN2C(=N)/C(=C/c3cc(C)n(-c4c(C)cccc4C)c3C)C(=O)N=C2S1. The van der Waals surface area contributed by atoms with Crippen molar-refractivity contribution in [2.75, 3.05) is 5.75 Å². The molecule has 4 rings (SSSR count). The van der Waals surface area contributed by atoms with Crippen LogP contribution in [0.25, 0.3) is 11.8 Å². The second-order valence-corrected chi connectivity index (χ2v) is 9.69. The lowest BCUT2D eigenvalue weighted by molar-refractivity contribution is -0.114. The Hall–Kier alpha value is -2.58. The molecule has 2 aliphatic rings. The summed E-state index contributed by atoms with van der Waals surface area (Å²) in [5.74, 6) is 0.552. The van der Waals surface area contributed by atoms with E-state index >= 15 is 0 Å². The number of rotatable bonds is 3. The van der Waals surface area contributed by atoms with Gasteiger partial charge in [-0.1, -0.05) is 36.9 Å². The number of benzene rings is 1. The van der Waals surface area contributed by atoms with E-state index in [0.29, 0.717) is 5.17 Å². The molecule has 3 heterocycles. The van der Waals surface area contributed by atoms with Gasteiger partial charge in [0.15, 0.2) is 10.2 Å². The van der Waals surface area contributed by atoms with Crippen molar-refractivity contribution < 1.29 is 4.79 Å². The number of carbonyl (C=O) groups excluding carboxylic acids is 1. The Balaban J connectivity index is 1.77. The summed E-state index contributed by atoms with van der Waals surface area (Å²) in [6.45, 7) is 10.3. The smallest absolute Gasteiger partial charge is 0.283 e. The quantitative estimate of drug-likeness (QED) is 0.683. The van der Waals surface area contributed by atoms with Gasteiger partial charge in [-0.2, -0.15) is 10.0 Å². The molecule has 0 radical (unpaired) electrons. The molecule has 0 spiro atoms. The third-order valence-corrected chi connectivity index (χ3v) is 7.06. The van der Waals surface area contributed by atoms with Crippen LogP contribution in [0.3, 0.4) is 0 Å². The molecule has 1 N–H and O–H groups in total. The summed E-state index contributed by atoms with van der Waals surface area (Å²) in [7, 11) is 0. The van der Waals surface area contributed by atoms with Crippen LogP contribution in [0.4, 0.5) is 0 Å². The number of carbonyl (C=O) groups is 1. The second-order valence-electron chi connectivity index (χ2n) is 7.22. The summed E-state index contributed by atoms with van der Waals surface area (Å²) >= 11 is 2.92. The molecule has 154 valence electrons. The van der Waals surface area contributed by atoms with E-state index in [1.54, 1.807) is 17.8 Å². The lowest BCUT2D eigenvalue weighted by atomic mass is 10.1. The molecule has 6 nitrogen and oxygen atoms in total. The monoisotopic (exact) mass is 437 g/mol. The van der Waals surface area contributed by atoms with Crippen molar-refractivity contribution in [2.45, 2.75) is 34.6 Å². The van der Waals surface area contributed by atoms with Gasteiger partial charge in [-0.05, 0) is 74.0 Å². The molecular formula is C22H23N5OS2. The fraction of sp³-hybridized carbons (Fsp3) is 0.273. The largest absolute Gasteiger partial charge is 0.317 e. The summed E-state index contributed by atoms with van der Waals surface area (Å²) in [4.78, 5) is 16.9. The number of amides is 1. The van der Waals surface area contributed by atoms with Crippen LogP contribution in [-0.2, 0) is 4.79 Å². The molecular weight excluding hydrogens is 414 g/mol. The van der Waals surface area contributed by atoms with Crippen LogP contribution >= 0.6 is 23.5 Å². The number of thioether (sulfide) groups is 2. The Morgan fingerprint density at radius 2 is 1.90 bits per heavy atom. The van der Waals surface area contributed by atoms with E-state index in [1.807, 2.05) is 19.9 Å². The number of aryl methyl sites for hydroxylation is 3. The van der Waals surface area contributed by atoms with Gasteiger partial charge in [-0.15, -0.1) is 5.10 Å². The minimum absolute atomic E-state index is 0.0704. The first kappa shape index (κ1) is 20.7. The predicted octanol–water partition coefficient (Wildman–Crippen LogP) is 5.04. The van der Waals surface area contributed by atoms with E-state index in [-0.39, 0.29) is 11.4 Å². The van der Waals surface area contributed by atoms with E-state index in [4.69, 9.17) is 5.41 Å². The van der Waals surface area contributed by atoms with Crippen LogP contribution in [-0.4, -0.2) is 36.6 Å². The lowest BCUT2D eigenvalue weighted by Gasteiger charge is -2.20. The van der Waals surface area contributed by atoms with E-state index in [1.165, 1.54) is 27.9 Å². The standard InChI is InChI=1S/C22H23N5OS2/c1-6-29-22-25-27-19(23)17(20(28)24-21(27)30-22)11-16-10-14(4)26(15(16)5)18-12(2)8-7-9-13(18)3/h7-11,23H,6H2,1-5H3/b17-11-,23-19?. The Kier molecular flexibility index (Phi) is 5.46. The van der Waals surface area contributed by atoms with Crippen LogP contribution in [0.5, 0.6) is 0 Å². The highest BCUT2D eigenvalue weighted by Crippen LogP contribution is 2.33. The van der Waals surface area contributed by atoms with Crippen LogP contribution in [0.15, 0.2) is 39.9 Å². The van der Waals surface area contributed by atoms with Crippen molar-refractivity contribution >= 4 is 50.9 Å². The van der Waals surface area contributed by atoms with Gasteiger partial charge in [-0.3, -0.25) is 10.2 Å². The minimum Gasteiger partial charge on any atom is -0.317 e. The van der Waals surface area contributed by atoms with E-state index in [2.05, 4.69) is 53.6 Å². The fourth-order valence-electron chi connectivity index (χ4n) is 3.75. The zero-order chi connectivity index (χ0) is 21.6. The van der Waals surface area contributed by atoms with Gasteiger partial charge < -0.3 is 4.57 Å². The average Bonchev–Trinajstić information content (AvgIpc) is 3.20. The number of hydrogen-bond acceptors (Lipinski definition) is 5. The molecule has 0 saturated heterocycles. The Morgan fingerprint density at radius 1 is 1.20 bits per heavy atom. The molecule has 30 heavy (non-hydrogen) atoms. The summed E-state index contributed by atoms with van der Waals surface area (Å²) in [5, 5.41) is 14.9. The van der Waals surface area contributed by atoms with Crippen molar-refractivity contribution in [2.24, 2.45) is 10.1 Å². The Morgan fingerprint density at radius 3 is 2.57 bits per heavy atom. The minimum atomic E-state index is -0.395. The van der Waals surface area contributed by atoms with E-state index in [0.717, 1.165) is 32.8 Å². The number of amidine groups is 2. The summed E-state index contributed by atoms with van der Waals surface area (Å²) in [6, 6.07) is 8.31. The van der Waals surface area contributed by atoms with Gasteiger partial charge in [-0.25, -0.2) is 0 Å². The van der Waals surface area contributed by atoms with Crippen molar-refractivity contribution in [3.05, 3.63) is 57.9 Å². The molecule has 2 aromatic rings. The highest BCUT2D eigenvalue weighted by atomic mass is 32.2. The normalized spacial score (nSPS) is 17.5. The average molecular weight is 438 g/mol. The van der Waals surface area contributed by atoms with Crippen LogP contribution < -0.4 is 0 Å². The van der Waals surface area contributed by atoms with Gasteiger partial charge >= 0.3 is 0 Å². The molecule has 0 saturated carbocycles. The van der Waals surface area contributed by atoms with Gasteiger partial charge in [0.25, 0.3) is 5.91 Å². The number of para-hydroxylation sites is 1. The number of aliphatic imine (C=N–C) groups is 1. The third-order valence-electron chi connectivity index (χ3n) is 5.14. The molecule has 2 aliphatic heterocycles. The molecule has 0 unspecified atom stereocenters. The molecule has 8 heteroatoms. The molecule has 0 atom stereocenters. The molecule has 1 aromatic carbocycles. The molecule has 0 fully saturated rings. The van der Waals surface area contributed by atoms with Crippen molar-refractivity contribution in [3.63, 3.8) is 0 Å². The first-order valence-corrected chi connectivity index (χ1v) is 11.5. The maximum Gasteiger partial charge on any atom is 0.283 e. The van der Waals surface area contributed by atoms with Gasteiger partial charge in [0.05, 0.1) is 11.3 Å². The van der Waals surface area contributed by atoms with Crippen LogP contribution in [0, 0.1) is 33.1 Å². The number of fused-ring (bicyclic) bond motifs is 1. The topological polar surface area (TPSA) is 73.8 Å². The molecule has 0 aliphatic carbocycles. The third kappa shape index (κ3) is 3.44. The Labute approximate surface area is 184 Å². The van der Waals surface area contributed by atoms with Crippen molar-refractivity contribution in [1.29, 1.82) is 5.41 Å². The van der Waals surface area contributed by atoms with Gasteiger partial charge in [0.2, 0.25) is 5.17 Å². The predicted molar refractivity (Wildman–Crippen MR) is 128 cm³/mol.